The number of rotatable bonds is 19. The zero-order valence-electron chi connectivity index (χ0n) is 29.1. The quantitative estimate of drug-likeness (QED) is 0.0535. The molecule has 3 rings (SSSR count). The molecule has 3 fully saturated rings. The summed E-state index contributed by atoms with van der Waals surface area (Å²) in [4.78, 5) is 35.5. The summed E-state index contributed by atoms with van der Waals surface area (Å²) in [6, 6.07) is 0. The molecule has 0 spiro atoms. The lowest BCUT2D eigenvalue weighted by Crippen LogP contribution is -2.66. The van der Waals surface area contributed by atoms with Gasteiger partial charge in [0, 0.05) is 13.1 Å². The van der Waals surface area contributed by atoms with Crippen molar-refractivity contribution >= 4 is 68.9 Å². The Morgan fingerprint density at radius 2 is 1.09 bits per heavy atom. The van der Waals surface area contributed by atoms with E-state index in [-0.39, 0.29) is 38.0 Å². The predicted molar refractivity (Wildman–Crippen MR) is 204 cm³/mol. The summed E-state index contributed by atoms with van der Waals surface area (Å²) in [7, 11) is 5.83. The lowest BCUT2D eigenvalue weighted by molar-refractivity contribution is -0.365. The van der Waals surface area contributed by atoms with Crippen LogP contribution in [0.3, 0.4) is 0 Å². The van der Waals surface area contributed by atoms with E-state index in [1.807, 2.05) is 0 Å². The van der Waals surface area contributed by atoms with Gasteiger partial charge in [-0.05, 0) is 25.0 Å². The topological polar surface area (TPSA) is 385 Å². The van der Waals surface area contributed by atoms with Crippen LogP contribution >= 0.6 is 51.7 Å². The second kappa shape index (κ2) is 24.1. The highest BCUT2D eigenvalue weighted by Gasteiger charge is 2.52. The molecule has 56 heavy (non-hydrogen) atoms. The molecule has 3 heterocycles. The van der Waals surface area contributed by atoms with E-state index in [4.69, 9.17) is 28.4 Å². The number of hydrogen-bond acceptors (Lipinski definition) is 21. The lowest BCUT2D eigenvalue weighted by Gasteiger charge is -2.47. The molecule has 0 aromatic carbocycles. The van der Waals surface area contributed by atoms with Crippen molar-refractivity contribution in [3.05, 3.63) is 0 Å². The van der Waals surface area contributed by atoms with Crippen LogP contribution in [0.25, 0.3) is 0 Å². The number of aliphatic hydroxyl groups excluding tert-OH is 12. The van der Waals surface area contributed by atoms with E-state index in [1.165, 1.54) is 0 Å². The van der Waals surface area contributed by atoms with Crippen molar-refractivity contribution < 1.29 is 104 Å². The summed E-state index contributed by atoms with van der Waals surface area (Å²) in [6.07, 6.45) is -35.5. The van der Waals surface area contributed by atoms with Crippen LogP contribution in [0, 0.1) is 0 Å². The molecule has 24 nitrogen and oxygen atoms in total. The molecular formula is C26H51N3O21P6. The number of amides is 3. The van der Waals surface area contributed by atoms with E-state index in [9.17, 15) is 75.7 Å². The zero-order valence-corrected chi connectivity index (χ0v) is 35.5. The highest BCUT2D eigenvalue weighted by molar-refractivity contribution is 8.11. The molecule has 3 saturated heterocycles. The smallest absolute Gasteiger partial charge is 0.254 e. The molecule has 0 aromatic heterocycles. The van der Waals surface area contributed by atoms with Gasteiger partial charge in [-0.15, -0.1) is 17.9 Å². The molecule has 25 atom stereocenters. The molecule has 3 aliphatic rings. The highest BCUT2D eigenvalue weighted by Crippen LogP contribution is 2.32. The van der Waals surface area contributed by atoms with E-state index in [1.54, 1.807) is 0 Å². The lowest BCUT2D eigenvalue weighted by atomic mass is 9.96. The van der Waals surface area contributed by atoms with Gasteiger partial charge in [0.1, 0.15) is 91.6 Å². The maximum atomic E-state index is 11.9. The van der Waals surface area contributed by atoms with Gasteiger partial charge in [-0.2, -0.15) is 0 Å². The molecule has 0 bridgehead atoms. The summed E-state index contributed by atoms with van der Waals surface area (Å²) < 4.78 is 33.5. The van der Waals surface area contributed by atoms with Crippen molar-refractivity contribution in [2.75, 3.05) is 26.3 Å². The van der Waals surface area contributed by atoms with Gasteiger partial charge >= 0.3 is 0 Å². The van der Waals surface area contributed by atoms with Gasteiger partial charge in [-0.25, -0.2) is 0 Å². The van der Waals surface area contributed by atoms with Crippen LogP contribution in [0.5, 0.6) is 0 Å². The molecule has 326 valence electrons. The van der Waals surface area contributed by atoms with Gasteiger partial charge in [-0.3, -0.25) is 14.4 Å². The third-order valence-corrected chi connectivity index (χ3v) is 12.1. The Bertz CT molecular complexity index is 1260. The SMILES string of the molecule is O=C(NCC1O[C@H](O[C@@H]2C(O)[C@@H](OCC(O)[C@@H](O)[C@H](O)C(O)C(=O)NPP)OC(CO[C@H]3OC(CNC(=O)PP)[C@@H](O)[C@H](O)C3O)[C@H]2O)C(O)[C@@H](O)[C@@H]1O)PP. The monoisotopic (exact) mass is 927 g/mol. The summed E-state index contributed by atoms with van der Waals surface area (Å²) in [5.41, 5.74) is -0.876. The molecule has 30 heteroatoms. The second-order valence-corrected chi connectivity index (χ2v) is 17.3. The first kappa shape index (κ1) is 50.6. The molecule has 0 aliphatic carbocycles. The molecule has 15 N–H and O–H groups in total. The number of nitrogens with one attached hydrogen (secondary N) is 3. The van der Waals surface area contributed by atoms with Crippen molar-refractivity contribution in [1.82, 2.24) is 15.7 Å². The van der Waals surface area contributed by atoms with Crippen LogP contribution < -0.4 is 15.7 Å². The molecular weight excluding hydrogens is 876 g/mol. The minimum atomic E-state index is -2.22. The summed E-state index contributed by atoms with van der Waals surface area (Å²) >= 11 is 0. The van der Waals surface area contributed by atoms with Crippen LogP contribution in [0.15, 0.2) is 0 Å². The largest absolute Gasteiger partial charge is 0.388 e. The first-order chi connectivity index (χ1) is 26.4. The molecule has 3 aliphatic heterocycles. The van der Waals surface area contributed by atoms with E-state index >= 15 is 0 Å². The van der Waals surface area contributed by atoms with Crippen LogP contribution in [0.1, 0.15) is 0 Å². The maximum Gasteiger partial charge on any atom is 0.254 e. The zero-order chi connectivity index (χ0) is 42.0. The standard InChI is InChI=1S/C26H51N3O21P6/c30-5(9(31)13(35)16(38)21(42)29-56-53)3-45-23-19(41)20(50-24-18(40)15(37)11(33)7(48-24)2-28-26(44)55-52)12(34)8(49-23)4-46-22-17(39)14(36)10(32)6(47-22)1-27-25(43)54-51/h5-20,22-24,30-41,54-56H,1-4,51-53H2,(H,27,43)(H,28,44)(H,29,42)/t5?,6?,7?,8?,9-,10-,11-,12-,13+,14+,15+,16?,17?,18?,19?,20+,22+,23+,24-/m1/s1. The Labute approximate surface area is 331 Å². The Morgan fingerprint density at radius 1 is 0.607 bits per heavy atom. The molecule has 0 saturated carbocycles. The molecule has 14 unspecified atom stereocenters. The van der Waals surface area contributed by atoms with Gasteiger partial charge in [0.2, 0.25) is 11.3 Å². The number of aliphatic hydroxyl groups is 12. The van der Waals surface area contributed by atoms with Crippen molar-refractivity contribution in [2.24, 2.45) is 0 Å². The second-order valence-electron chi connectivity index (χ2n) is 12.7. The van der Waals surface area contributed by atoms with Crippen molar-refractivity contribution in [1.29, 1.82) is 0 Å². The van der Waals surface area contributed by atoms with Crippen LogP contribution in [-0.2, 0) is 33.2 Å². The summed E-state index contributed by atoms with van der Waals surface area (Å²) in [5.74, 6) is -1.06. The number of carbonyl (C=O) groups is 3. The van der Waals surface area contributed by atoms with Gasteiger partial charge in [0.05, 0.1) is 13.2 Å². The van der Waals surface area contributed by atoms with E-state index in [2.05, 4.69) is 42.5 Å². The molecule has 0 radical (unpaired) electrons. The summed E-state index contributed by atoms with van der Waals surface area (Å²) in [5, 5.41) is 134. The Morgan fingerprint density at radius 3 is 1.61 bits per heavy atom. The van der Waals surface area contributed by atoms with Crippen molar-refractivity contribution in [3.63, 3.8) is 0 Å². The minimum absolute atomic E-state index is 0.233. The van der Waals surface area contributed by atoms with Gasteiger partial charge < -0.3 is 105 Å². The average molecular weight is 928 g/mol. The normalized spacial score (nSPS) is 39.2. The molecule has 3 amide bonds. The first-order valence-electron chi connectivity index (χ1n) is 16.6. The van der Waals surface area contributed by atoms with Crippen LogP contribution in [0.2, 0.25) is 0 Å². The van der Waals surface area contributed by atoms with Crippen LogP contribution in [0.4, 0.5) is 9.59 Å². The molecule has 0 aromatic rings. The number of ether oxygens (including phenoxy) is 6. The van der Waals surface area contributed by atoms with E-state index in [0.717, 1.165) is 0 Å². The third kappa shape index (κ3) is 13.4. The maximum absolute atomic E-state index is 11.9. The number of carbonyl (C=O) groups excluding carboxylic acids is 3. The van der Waals surface area contributed by atoms with E-state index < -0.39 is 147 Å². The Kier molecular flexibility index (Phi) is 21.7. The highest BCUT2D eigenvalue weighted by atomic mass is 32.0. The van der Waals surface area contributed by atoms with Crippen molar-refractivity contribution in [3.8, 4) is 0 Å². The predicted octanol–water partition coefficient (Wildman–Crippen LogP) is -7.23. The van der Waals surface area contributed by atoms with Gasteiger partial charge in [0.15, 0.2) is 25.0 Å². The fourth-order valence-electron chi connectivity index (χ4n) is 5.60. The fourth-order valence-corrected chi connectivity index (χ4v) is 7.34. The van der Waals surface area contributed by atoms with E-state index in [0.29, 0.717) is 0 Å². The van der Waals surface area contributed by atoms with Crippen molar-refractivity contribution in [2.45, 2.75) is 117 Å². The average Bonchev–Trinajstić information content (AvgIpc) is 3.19. The number of hydrogen-bond donors (Lipinski definition) is 15. The van der Waals surface area contributed by atoms with Crippen LogP contribution in [-0.4, -0.2) is 221 Å². The first-order valence-corrected chi connectivity index (χ1v) is 25.1. The van der Waals surface area contributed by atoms with Gasteiger partial charge in [0.25, 0.3) is 5.91 Å². The Balaban J connectivity index is 1.82. The summed E-state index contributed by atoms with van der Waals surface area (Å²) in [6.45, 7) is -2.41. The minimum Gasteiger partial charge on any atom is -0.388 e. The third-order valence-electron chi connectivity index (χ3n) is 8.85. The van der Waals surface area contributed by atoms with Gasteiger partial charge in [-0.1, -0.05) is 8.93 Å². The Hall–Kier alpha value is 0.270. The fraction of sp³-hybridized carbons (Fsp3) is 0.885.